The molecule has 0 aliphatic carbocycles. The molecule has 3 nitrogen and oxygen atoms in total. The fourth-order valence-corrected chi connectivity index (χ4v) is 2.84. The summed E-state index contributed by atoms with van der Waals surface area (Å²) in [6.07, 6.45) is 0. The summed E-state index contributed by atoms with van der Waals surface area (Å²) in [7, 11) is 1.28. The van der Waals surface area contributed by atoms with E-state index in [1.54, 1.807) is 12.1 Å². The van der Waals surface area contributed by atoms with Gasteiger partial charge in [0, 0.05) is 10.4 Å². The summed E-state index contributed by atoms with van der Waals surface area (Å²) in [6.45, 7) is 0. The number of methoxy groups -OCH3 is 1. The van der Waals surface area contributed by atoms with Crippen LogP contribution >= 0.6 is 22.9 Å². The lowest BCUT2D eigenvalue weighted by molar-refractivity contribution is 0.0607. The van der Waals surface area contributed by atoms with Crippen molar-refractivity contribution in [3.8, 4) is 10.4 Å². The summed E-state index contributed by atoms with van der Waals surface area (Å²) in [5.41, 5.74) is 6.68. The van der Waals surface area contributed by atoms with Crippen LogP contribution in [0.3, 0.4) is 0 Å². The molecule has 0 radical (unpaired) electrons. The van der Waals surface area contributed by atoms with Gasteiger partial charge in [-0.2, -0.15) is 0 Å². The SMILES string of the molecule is COC(=O)c1sc(-c2ccc(F)cc2Cl)cc1N. The molecule has 1 aromatic carbocycles. The third kappa shape index (κ3) is 2.32. The molecule has 0 aliphatic heterocycles. The number of carbonyl (C=O) groups excluding carboxylic acids is 1. The van der Waals surface area contributed by atoms with E-state index in [0.29, 0.717) is 21.0 Å². The molecule has 1 heterocycles. The largest absolute Gasteiger partial charge is 0.465 e. The molecule has 0 fully saturated rings. The molecule has 2 rings (SSSR count). The molecule has 0 bridgehead atoms. The Morgan fingerprint density at radius 3 is 2.78 bits per heavy atom. The van der Waals surface area contributed by atoms with Crippen LogP contribution in [-0.4, -0.2) is 13.1 Å². The second-order valence-corrected chi connectivity index (χ2v) is 4.97. The van der Waals surface area contributed by atoms with Gasteiger partial charge in [-0.15, -0.1) is 11.3 Å². The first-order chi connectivity index (χ1) is 8.52. The lowest BCUT2D eigenvalue weighted by atomic mass is 10.2. The highest BCUT2D eigenvalue weighted by Crippen LogP contribution is 2.37. The Kier molecular flexibility index (Phi) is 3.54. The topological polar surface area (TPSA) is 52.3 Å². The van der Waals surface area contributed by atoms with Gasteiger partial charge in [0.15, 0.2) is 0 Å². The number of anilines is 1. The zero-order valence-corrected chi connectivity index (χ0v) is 10.9. The summed E-state index contributed by atoms with van der Waals surface area (Å²) >= 11 is 7.11. The van der Waals surface area contributed by atoms with Crippen LogP contribution in [0.2, 0.25) is 5.02 Å². The molecule has 18 heavy (non-hydrogen) atoms. The third-order valence-corrected chi connectivity index (χ3v) is 3.81. The number of rotatable bonds is 2. The van der Waals surface area contributed by atoms with Crippen LogP contribution in [-0.2, 0) is 4.74 Å². The molecule has 0 unspecified atom stereocenters. The molecule has 94 valence electrons. The third-order valence-electron chi connectivity index (χ3n) is 2.33. The fourth-order valence-electron chi connectivity index (χ4n) is 1.48. The van der Waals surface area contributed by atoms with Crippen molar-refractivity contribution in [1.82, 2.24) is 0 Å². The van der Waals surface area contributed by atoms with Crippen LogP contribution in [0.25, 0.3) is 10.4 Å². The Morgan fingerprint density at radius 2 is 2.17 bits per heavy atom. The maximum Gasteiger partial charge on any atom is 0.350 e. The highest BCUT2D eigenvalue weighted by atomic mass is 35.5. The quantitative estimate of drug-likeness (QED) is 0.858. The molecule has 2 N–H and O–H groups in total. The number of nitrogen functional groups attached to an aromatic ring is 1. The Bertz CT molecular complexity index is 612. The minimum atomic E-state index is -0.498. The molecule has 6 heteroatoms. The second kappa shape index (κ2) is 4.96. The van der Waals surface area contributed by atoms with Crippen LogP contribution in [0, 0.1) is 5.82 Å². The van der Waals surface area contributed by atoms with Crippen LogP contribution in [0.4, 0.5) is 10.1 Å². The van der Waals surface area contributed by atoms with Crippen LogP contribution < -0.4 is 5.73 Å². The normalized spacial score (nSPS) is 10.4. The molecular formula is C12H9ClFNO2S. The standard InChI is InChI=1S/C12H9ClFNO2S/c1-17-12(16)11-9(15)5-10(18-11)7-3-2-6(14)4-8(7)13/h2-5H,15H2,1H3. The molecule has 0 saturated carbocycles. The Labute approximate surface area is 112 Å². The van der Waals surface area contributed by atoms with E-state index < -0.39 is 11.8 Å². The smallest absolute Gasteiger partial charge is 0.350 e. The number of nitrogens with two attached hydrogens (primary N) is 1. The van der Waals surface area contributed by atoms with Crippen molar-refractivity contribution in [2.45, 2.75) is 0 Å². The first kappa shape index (κ1) is 12.9. The molecule has 1 aromatic heterocycles. The predicted molar refractivity (Wildman–Crippen MR) is 70.5 cm³/mol. The first-order valence-electron chi connectivity index (χ1n) is 4.96. The van der Waals surface area contributed by atoms with Gasteiger partial charge in [0.2, 0.25) is 0 Å². The van der Waals surface area contributed by atoms with E-state index in [1.165, 1.54) is 19.2 Å². The molecule has 0 saturated heterocycles. The van der Waals surface area contributed by atoms with E-state index in [0.717, 1.165) is 11.3 Å². The zero-order chi connectivity index (χ0) is 13.3. The fraction of sp³-hybridized carbons (Fsp3) is 0.0833. The van der Waals surface area contributed by atoms with Gasteiger partial charge in [-0.1, -0.05) is 11.6 Å². The van der Waals surface area contributed by atoms with Gasteiger partial charge in [0.1, 0.15) is 10.7 Å². The monoisotopic (exact) mass is 285 g/mol. The Balaban J connectivity index is 2.49. The minimum absolute atomic E-state index is 0.271. The van der Waals surface area contributed by atoms with E-state index in [9.17, 15) is 9.18 Å². The molecule has 0 aliphatic rings. The van der Waals surface area contributed by atoms with Crippen LogP contribution in [0.15, 0.2) is 24.3 Å². The minimum Gasteiger partial charge on any atom is -0.465 e. The second-order valence-electron chi connectivity index (χ2n) is 3.51. The van der Waals surface area contributed by atoms with E-state index in [4.69, 9.17) is 17.3 Å². The summed E-state index contributed by atoms with van der Waals surface area (Å²) in [5, 5.41) is 0.271. The van der Waals surface area contributed by atoms with E-state index in [2.05, 4.69) is 4.74 Å². The summed E-state index contributed by atoms with van der Waals surface area (Å²) in [6, 6.07) is 5.68. The van der Waals surface area contributed by atoms with Crippen molar-refractivity contribution in [2.24, 2.45) is 0 Å². The molecule has 2 aromatic rings. The lowest BCUT2D eigenvalue weighted by Gasteiger charge is -2.00. The molecular weight excluding hydrogens is 277 g/mol. The average molecular weight is 286 g/mol. The van der Waals surface area contributed by atoms with Crippen molar-refractivity contribution in [2.75, 3.05) is 12.8 Å². The van der Waals surface area contributed by atoms with Gasteiger partial charge in [-0.25, -0.2) is 9.18 Å². The molecule has 0 atom stereocenters. The van der Waals surface area contributed by atoms with Gasteiger partial charge in [-0.3, -0.25) is 0 Å². The molecule has 0 spiro atoms. The zero-order valence-electron chi connectivity index (χ0n) is 9.37. The van der Waals surface area contributed by atoms with E-state index in [1.807, 2.05) is 0 Å². The van der Waals surface area contributed by atoms with Gasteiger partial charge >= 0.3 is 5.97 Å². The Morgan fingerprint density at radius 1 is 1.44 bits per heavy atom. The summed E-state index contributed by atoms with van der Waals surface area (Å²) in [4.78, 5) is 12.4. The van der Waals surface area contributed by atoms with Crippen LogP contribution in [0.1, 0.15) is 9.67 Å². The van der Waals surface area contributed by atoms with Gasteiger partial charge in [0.25, 0.3) is 0 Å². The number of hydrogen-bond acceptors (Lipinski definition) is 4. The van der Waals surface area contributed by atoms with E-state index >= 15 is 0 Å². The number of benzene rings is 1. The number of halogens is 2. The first-order valence-corrected chi connectivity index (χ1v) is 6.15. The highest BCUT2D eigenvalue weighted by molar-refractivity contribution is 7.18. The number of hydrogen-bond donors (Lipinski definition) is 1. The number of thiophene rings is 1. The Hall–Kier alpha value is -1.59. The van der Waals surface area contributed by atoms with Crippen LogP contribution in [0.5, 0.6) is 0 Å². The lowest BCUT2D eigenvalue weighted by Crippen LogP contribution is -2.00. The maximum absolute atomic E-state index is 13.0. The molecule has 0 amide bonds. The van der Waals surface area contributed by atoms with Crippen molar-refractivity contribution in [3.05, 3.63) is 40.0 Å². The van der Waals surface area contributed by atoms with Crippen molar-refractivity contribution >= 4 is 34.6 Å². The number of ether oxygens (including phenoxy) is 1. The number of esters is 1. The summed E-state index contributed by atoms with van der Waals surface area (Å²) in [5.74, 6) is -0.913. The van der Waals surface area contributed by atoms with Gasteiger partial charge in [0.05, 0.1) is 17.8 Å². The summed E-state index contributed by atoms with van der Waals surface area (Å²) < 4.78 is 17.6. The van der Waals surface area contributed by atoms with Crippen molar-refractivity contribution in [3.63, 3.8) is 0 Å². The average Bonchev–Trinajstić information content (AvgIpc) is 2.70. The highest BCUT2D eigenvalue weighted by Gasteiger charge is 2.17. The number of carbonyl (C=O) groups is 1. The maximum atomic E-state index is 13.0. The van der Waals surface area contributed by atoms with Crippen molar-refractivity contribution in [1.29, 1.82) is 0 Å². The van der Waals surface area contributed by atoms with Gasteiger partial charge in [-0.05, 0) is 24.3 Å². The van der Waals surface area contributed by atoms with Crippen molar-refractivity contribution < 1.29 is 13.9 Å². The van der Waals surface area contributed by atoms with E-state index in [-0.39, 0.29) is 5.02 Å². The van der Waals surface area contributed by atoms with Gasteiger partial charge < -0.3 is 10.5 Å². The predicted octanol–water partition coefficient (Wildman–Crippen LogP) is 3.58.